The van der Waals surface area contributed by atoms with Gasteiger partial charge in [-0.2, -0.15) is 0 Å². The number of hydrogen-bond acceptors (Lipinski definition) is 6. The highest BCUT2D eigenvalue weighted by Gasteiger charge is 2.46. The van der Waals surface area contributed by atoms with Crippen LogP contribution in [0, 0.1) is 6.92 Å². The number of rotatable bonds is 9. The predicted molar refractivity (Wildman–Crippen MR) is 128 cm³/mol. The predicted octanol–water partition coefficient (Wildman–Crippen LogP) is 3.67. The number of aliphatic hydroxyl groups excluding tert-OH is 1. The molecule has 1 aromatic carbocycles. The number of aromatic nitrogens is 2. The Balaban J connectivity index is 1.84. The van der Waals surface area contributed by atoms with E-state index in [-0.39, 0.29) is 11.3 Å². The van der Waals surface area contributed by atoms with Crippen LogP contribution in [0.25, 0.3) is 11.4 Å². The van der Waals surface area contributed by atoms with Gasteiger partial charge in [0, 0.05) is 26.5 Å². The second-order valence-electron chi connectivity index (χ2n) is 7.98. The first-order valence-corrected chi connectivity index (χ1v) is 11.0. The van der Waals surface area contributed by atoms with Crippen molar-refractivity contribution in [3.8, 4) is 5.75 Å². The maximum absolute atomic E-state index is 13.2. The summed E-state index contributed by atoms with van der Waals surface area (Å²) in [5, 5.41) is 11.4. The number of likely N-dealkylation sites (tertiary alicyclic amines) is 1. The molecular weight excluding hydrogens is 434 g/mol. The lowest BCUT2D eigenvalue weighted by molar-refractivity contribution is -0.140. The number of Topliss-reactive ketones (excluding diaryl/α,β-unsaturated/α-hetero) is 1. The van der Waals surface area contributed by atoms with Crippen molar-refractivity contribution in [3.63, 3.8) is 0 Å². The van der Waals surface area contributed by atoms with Crippen molar-refractivity contribution in [1.29, 1.82) is 0 Å². The van der Waals surface area contributed by atoms with Crippen molar-refractivity contribution in [1.82, 2.24) is 14.3 Å². The fraction of sp³-hybridized carbons (Fsp3) is 0.269. The number of aryl methyl sites for hydroxylation is 1. The van der Waals surface area contributed by atoms with Crippen molar-refractivity contribution in [3.05, 3.63) is 83.8 Å². The molecule has 1 amide bonds. The van der Waals surface area contributed by atoms with Gasteiger partial charge in [-0.1, -0.05) is 30.9 Å². The van der Waals surface area contributed by atoms with Crippen LogP contribution in [0.4, 0.5) is 0 Å². The zero-order valence-electron chi connectivity index (χ0n) is 19.2. The summed E-state index contributed by atoms with van der Waals surface area (Å²) in [4.78, 5) is 32.3. The van der Waals surface area contributed by atoms with E-state index in [1.54, 1.807) is 55.0 Å². The molecule has 0 radical (unpaired) electrons. The first kappa shape index (κ1) is 23.3. The molecule has 34 heavy (non-hydrogen) atoms. The van der Waals surface area contributed by atoms with E-state index < -0.39 is 17.7 Å². The molecule has 1 atom stereocenters. The minimum atomic E-state index is -0.751. The highest BCUT2D eigenvalue weighted by molar-refractivity contribution is 6.46. The summed E-state index contributed by atoms with van der Waals surface area (Å²) in [6, 6.07) is 11.9. The highest BCUT2D eigenvalue weighted by Crippen LogP contribution is 2.40. The van der Waals surface area contributed by atoms with E-state index >= 15 is 0 Å². The largest absolute Gasteiger partial charge is 0.505 e. The number of fused-ring (bicyclic) bond motifs is 1. The van der Waals surface area contributed by atoms with Gasteiger partial charge in [0.05, 0.1) is 17.3 Å². The van der Waals surface area contributed by atoms with Crippen LogP contribution in [0.2, 0.25) is 0 Å². The van der Waals surface area contributed by atoms with E-state index in [9.17, 15) is 14.7 Å². The van der Waals surface area contributed by atoms with Crippen molar-refractivity contribution in [2.75, 3.05) is 26.9 Å². The van der Waals surface area contributed by atoms with Crippen molar-refractivity contribution < 1.29 is 24.2 Å². The number of carbonyl (C=O) groups excluding carboxylic acids is 2. The van der Waals surface area contributed by atoms with Crippen LogP contribution >= 0.6 is 0 Å². The number of nitrogens with zero attached hydrogens (tertiary/aromatic N) is 3. The molecule has 0 bridgehead atoms. The molecule has 8 nitrogen and oxygen atoms in total. The third-order valence-electron chi connectivity index (χ3n) is 5.78. The number of ether oxygens (including phenoxy) is 2. The Morgan fingerprint density at radius 3 is 2.68 bits per heavy atom. The van der Waals surface area contributed by atoms with Crippen molar-refractivity contribution in [2.24, 2.45) is 0 Å². The van der Waals surface area contributed by atoms with Gasteiger partial charge in [-0.25, -0.2) is 4.98 Å². The van der Waals surface area contributed by atoms with E-state index in [1.807, 2.05) is 18.2 Å². The highest BCUT2D eigenvalue weighted by atomic mass is 16.5. The first-order valence-electron chi connectivity index (χ1n) is 11.0. The van der Waals surface area contributed by atoms with Crippen LogP contribution in [-0.4, -0.2) is 57.9 Å². The fourth-order valence-corrected chi connectivity index (χ4v) is 4.26. The Morgan fingerprint density at radius 2 is 1.97 bits per heavy atom. The number of aliphatic hydroxyl groups is 1. The van der Waals surface area contributed by atoms with Gasteiger partial charge in [-0.3, -0.25) is 14.0 Å². The summed E-state index contributed by atoms with van der Waals surface area (Å²) in [6.45, 7) is 6.51. The van der Waals surface area contributed by atoms with Gasteiger partial charge in [-0.05, 0) is 43.2 Å². The Kier molecular flexibility index (Phi) is 6.79. The van der Waals surface area contributed by atoms with E-state index in [4.69, 9.17) is 9.47 Å². The molecule has 1 fully saturated rings. The summed E-state index contributed by atoms with van der Waals surface area (Å²) in [7, 11) is 1.58. The summed E-state index contributed by atoms with van der Waals surface area (Å²) in [6.07, 6.45) is 3.96. The van der Waals surface area contributed by atoms with Crippen LogP contribution in [0.5, 0.6) is 5.75 Å². The Labute approximate surface area is 197 Å². The van der Waals surface area contributed by atoms with Gasteiger partial charge < -0.3 is 19.5 Å². The average molecular weight is 462 g/mol. The maximum atomic E-state index is 13.2. The SMILES string of the molecule is C=CCOc1ccc(C2C(=C(O)c3c(C)nc4ccccn34)C(=O)C(=O)N2CCCOC)cc1. The van der Waals surface area contributed by atoms with Crippen molar-refractivity contribution in [2.45, 2.75) is 19.4 Å². The minimum absolute atomic E-state index is 0.0379. The smallest absolute Gasteiger partial charge is 0.295 e. The number of benzene rings is 1. The van der Waals surface area contributed by atoms with Gasteiger partial charge in [-0.15, -0.1) is 0 Å². The molecule has 1 aliphatic heterocycles. The summed E-state index contributed by atoms with van der Waals surface area (Å²) < 4.78 is 12.4. The summed E-state index contributed by atoms with van der Waals surface area (Å²) >= 11 is 0. The van der Waals surface area contributed by atoms with Gasteiger partial charge in [0.15, 0.2) is 5.76 Å². The van der Waals surface area contributed by atoms with Crippen LogP contribution < -0.4 is 4.74 Å². The normalized spacial score (nSPS) is 17.5. The molecular formula is C26H27N3O5. The van der Waals surface area contributed by atoms with Gasteiger partial charge >= 0.3 is 0 Å². The number of hydrogen-bond donors (Lipinski definition) is 1. The topological polar surface area (TPSA) is 93.4 Å². The van der Waals surface area contributed by atoms with E-state index in [0.29, 0.717) is 54.5 Å². The molecule has 3 heterocycles. The zero-order valence-corrected chi connectivity index (χ0v) is 19.2. The summed E-state index contributed by atoms with van der Waals surface area (Å²) in [5.41, 5.74) is 2.31. The third kappa shape index (κ3) is 4.20. The number of pyridine rings is 1. The Bertz CT molecular complexity index is 1260. The Morgan fingerprint density at radius 1 is 1.21 bits per heavy atom. The standard InChI is InChI=1S/C26H27N3O5/c1-4-15-34-19-11-9-18(10-12-19)23-21(25(31)26(32)29(23)14-7-16-33-3)24(30)22-17(2)27-20-8-5-6-13-28(20)22/h4-6,8-13,23,30H,1,7,14-16H2,2-3H3. The molecule has 1 unspecified atom stereocenters. The molecule has 1 aliphatic rings. The minimum Gasteiger partial charge on any atom is -0.505 e. The monoisotopic (exact) mass is 461 g/mol. The van der Waals surface area contributed by atoms with E-state index in [2.05, 4.69) is 11.6 Å². The number of methoxy groups -OCH3 is 1. The molecule has 0 aliphatic carbocycles. The third-order valence-corrected chi connectivity index (χ3v) is 5.78. The second kappa shape index (κ2) is 9.93. The quantitative estimate of drug-likeness (QED) is 0.172. The lowest BCUT2D eigenvalue weighted by atomic mass is 9.96. The molecule has 8 heteroatoms. The molecule has 2 aromatic heterocycles. The molecule has 4 rings (SSSR count). The lowest BCUT2D eigenvalue weighted by Gasteiger charge is -2.25. The molecule has 1 N–H and O–H groups in total. The van der Waals surface area contributed by atoms with E-state index in [0.717, 1.165) is 0 Å². The molecule has 176 valence electrons. The average Bonchev–Trinajstić information content (AvgIpc) is 3.31. The van der Waals surface area contributed by atoms with Crippen LogP contribution in [0.15, 0.2) is 66.9 Å². The molecule has 1 saturated heterocycles. The number of carbonyl (C=O) groups is 2. The van der Waals surface area contributed by atoms with Crippen molar-refractivity contribution >= 4 is 23.1 Å². The van der Waals surface area contributed by atoms with E-state index in [1.165, 1.54) is 4.90 Å². The Hall–Kier alpha value is -3.91. The fourth-order valence-electron chi connectivity index (χ4n) is 4.26. The summed E-state index contributed by atoms with van der Waals surface area (Å²) in [5.74, 6) is -0.989. The van der Waals surface area contributed by atoms with Crippen LogP contribution in [0.1, 0.15) is 29.4 Å². The molecule has 0 saturated carbocycles. The molecule has 3 aromatic rings. The number of imidazole rings is 1. The zero-order chi connectivity index (χ0) is 24.2. The van der Waals surface area contributed by atoms with Crippen LogP contribution in [0.3, 0.4) is 0 Å². The lowest BCUT2D eigenvalue weighted by Crippen LogP contribution is -2.31. The van der Waals surface area contributed by atoms with Gasteiger partial charge in [0.2, 0.25) is 0 Å². The number of ketones is 1. The van der Waals surface area contributed by atoms with Gasteiger partial charge in [0.1, 0.15) is 23.7 Å². The first-order chi connectivity index (χ1) is 16.5. The number of amides is 1. The van der Waals surface area contributed by atoms with Gasteiger partial charge in [0.25, 0.3) is 11.7 Å². The maximum Gasteiger partial charge on any atom is 0.295 e. The second-order valence-corrected chi connectivity index (χ2v) is 7.98. The van der Waals surface area contributed by atoms with Crippen LogP contribution in [-0.2, 0) is 14.3 Å². The molecule has 0 spiro atoms.